The van der Waals surface area contributed by atoms with E-state index in [1.54, 1.807) is 30.3 Å². The number of urea groups is 1. The highest BCUT2D eigenvalue weighted by atomic mass is 28.4. The van der Waals surface area contributed by atoms with Crippen molar-refractivity contribution in [2.24, 2.45) is 0 Å². The molecule has 0 aromatic heterocycles. The Morgan fingerprint density at radius 1 is 0.900 bits per heavy atom. The largest absolute Gasteiger partial charge is 0.500 e. The van der Waals surface area contributed by atoms with Gasteiger partial charge in [0.25, 0.3) is 11.4 Å². The van der Waals surface area contributed by atoms with E-state index in [2.05, 4.69) is 10.6 Å². The number of carbonyl (C=O) groups is 2. The molecular formula is C25H34N4O10Si. The van der Waals surface area contributed by atoms with Gasteiger partial charge in [-0.15, -0.1) is 0 Å². The zero-order valence-corrected chi connectivity index (χ0v) is 23.6. The lowest BCUT2D eigenvalue weighted by atomic mass is 10.1. The number of nitro benzene ring substituents is 2. The number of rotatable bonds is 17. The van der Waals surface area contributed by atoms with Crippen LogP contribution in [0.5, 0.6) is 0 Å². The molecule has 0 heterocycles. The van der Waals surface area contributed by atoms with Gasteiger partial charge in [0, 0.05) is 44.5 Å². The minimum atomic E-state index is -2.85. The fraction of sp³-hybridized carbons (Fsp3) is 0.440. The molecule has 0 radical (unpaired) electrons. The van der Waals surface area contributed by atoms with Crippen LogP contribution in [0.15, 0.2) is 48.5 Å². The Bertz CT molecular complexity index is 1100. The Morgan fingerprint density at radius 3 is 1.95 bits per heavy atom. The van der Waals surface area contributed by atoms with Gasteiger partial charge >= 0.3 is 20.8 Å². The minimum Gasteiger partial charge on any atom is -0.460 e. The molecule has 0 fully saturated rings. The molecule has 0 aliphatic rings. The SMILES string of the molecule is CCO[Si](CCCNC(=O)N[C@@H](COC(=O)c1cc([N+](=O)[O-])cc([N+](=O)[O-])c1)c1ccccc1)(OCC)OCC. The molecule has 0 saturated carbocycles. The van der Waals surface area contributed by atoms with Crippen LogP contribution in [0.3, 0.4) is 0 Å². The maximum atomic E-state index is 12.7. The van der Waals surface area contributed by atoms with E-state index in [1.165, 1.54) is 0 Å². The van der Waals surface area contributed by atoms with Crippen molar-refractivity contribution < 1.29 is 37.5 Å². The quantitative estimate of drug-likeness (QED) is 0.0910. The van der Waals surface area contributed by atoms with Gasteiger partial charge in [-0.2, -0.15) is 0 Å². The van der Waals surface area contributed by atoms with E-state index in [4.69, 9.17) is 18.0 Å². The summed E-state index contributed by atoms with van der Waals surface area (Å²) in [4.78, 5) is 45.9. The lowest BCUT2D eigenvalue weighted by Crippen LogP contribution is -2.47. The number of nitrogens with one attached hydrogen (secondary N) is 2. The molecule has 2 aromatic rings. The van der Waals surface area contributed by atoms with E-state index in [0.717, 1.165) is 18.2 Å². The van der Waals surface area contributed by atoms with Crippen molar-refractivity contribution >= 4 is 32.2 Å². The van der Waals surface area contributed by atoms with Crippen LogP contribution in [0, 0.1) is 20.2 Å². The molecule has 14 nitrogen and oxygen atoms in total. The van der Waals surface area contributed by atoms with Gasteiger partial charge in [-0.3, -0.25) is 20.2 Å². The third-order valence-corrected chi connectivity index (χ3v) is 8.64. The third-order valence-electron chi connectivity index (χ3n) is 5.49. The summed E-state index contributed by atoms with van der Waals surface area (Å²) in [5.74, 6) is -1.01. The summed E-state index contributed by atoms with van der Waals surface area (Å²) in [6, 6.07) is 10.5. The van der Waals surface area contributed by atoms with Crippen molar-refractivity contribution in [2.45, 2.75) is 39.3 Å². The van der Waals surface area contributed by atoms with Crippen LogP contribution in [0.2, 0.25) is 6.04 Å². The first-order chi connectivity index (χ1) is 19.1. The van der Waals surface area contributed by atoms with E-state index in [-0.39, 0.29) is 12.2 Å². The Labute approximate surface area is 232 Å². The molecule has 0 bridgehead atoms. The summed E-state index contributed by atoms with van der Waals surface area (Å²) in [6.45, 7) is 6.89. The number of hydrogen-bond acceptors (Lipinski definition) is 10. The molecule has 0 aliphatic carbocycles. The normalized spacial score (nSPS) is 11.9. The summed E-state index contributed by atoms with van der Waals surface area (Å²) in [5, 5.41) is 27.8. The van der Waals surface area contributed by atoms with Crippen molar-refractivity contribution in [3.63, 3.8) is 0 Å². The van der Waals surface area contributed by atoms with E-state index < -0.39 is 48.1 Å². The van der Waals surface area contributed by atoms with Gasteiger partial charge in [0.15, 0.2) is 0 Å². The van der Waals surface area contributed by atoms with Crippen LogP contribution in [0.4, 0.5) is 16.2 Å². The van der Waals surface area contributed by atoms with Gasteiger partial charge in [-0.05, 0) is 32.8 Å². The molecule has 40 heavy (non-hydrogen) atoms. The van der Waals surface area contributed by atoms with Crippen molar-refractivity contribution in [3.05, 3.63) is 79.9 Å². The molecule has 0 unspecified atom stereocenters. The molecule has 1 atom stereocenters. The van der Waals surface area contributed by atoms with Crippen molar-refractivity contribution in [3.8, 4) is 0 Å². The first-order valence-corrected chi connectivity index (χ1v) is 14.7. The number of nitro groups is 2. The monoisotopic (exact) mass is 578 g/mol. The molecule has 2 aromatic carbocycles. The van der Waals surface area contributed by atoms with Gasteiger partial charge in [0.05, 0.1) is 27.5 Å². The van der Waals surface area contributed by atoms with Gasteiger partial charge < -0.3 is 28.6 Å². The lowest BCUT2D eigenvalue weighted by Gasteiger charge is -2.28. The molecule has 0 spiro atoms. The van der Waals surface area contributed by atoms with Crippen LogP contribution < -0.4 is 10.6 Å². The van der Waals surface area contributed by atoms with Crippen molar-refractivity contribution in [1.82, 2.24) is 10.6 Å². The predicted molar refractivity (Wildman–Crippen MR) is 146 cm³/mol. The second kappa shape index (κ2) is 16.2. The smallest absolute Gasteiger partial charge is 0.460 e. The average molecular weight is 579 g/mol. The highest BCUT2D eigenvalue weighted by molar-refractivity contribution is 6.60. The van der Waals surface area contributed by atoms with Gasteiger partial charge in [0.1, 0.15) is 6.61 Å². The molecular weight excluding hydrogens is 544 g/mol. The van der Waals surface area contributed by atoms with Gasteiger partial charge in [-0.25, -0.2) is 9.59 Å². The molecule has 0 saturated heterocycles. The number of non-ortho nitro benzene ring substituents is 2. The Kier molecular flexibility index (Phi) is 13.1. The zero-order chi connectivity index (χ0) is 29.5. The molecule has 218 valence electrons. The number of esters is 1. The Hall–Kier alpha value is -3.92. The number of carbonyl (C=O) groups excluding carboxylic acids is 2. The lowest BCUT2D eigenvalue weighted by molar-refractivity contribution is -0.394. The van der Waals surface area contributed by atoms with Crippen LogP contribution in [-0.4, -0.2) is 63.6 Å². The highest BCUT2D eigenvalue weighted by Gasteiger charge is 2.39. The van der Waals surface area contributed by atoms with E-state index in [9.17, 15) is 29.8 Å². The predicted octanol–water partition coefficient (Wildman–Crippen LogP) is 4.14. The number of ether oxygens (including phenoxy) is 1. The summed E-state index contributed by atoms with van der Waals surface area (Å²) in [6.07, 6.45) is 0.538. The maximum absolute atomic E-state index is 12.7. The summed E-state index contributed by atoms with van der Waals surface area (Å²) in [7, 11) is -2.85. The van der Waals surface area contributed by atoms with Crippen molar-refractivity contribution in [1.29, 1.82) is 0 Å². The van der Waals surface area contributed by atoms with E-state index in [1.807, 2.05) is 20.8 Å². The van der Waals surface area contributed by atoms with Gasteiger partial charge in [0.2, 0.25) is 0 Å². The van der Waals surface area contributed by atoms with Gasteiger partial charge in [-0.1, -0.05) is 30.3 Å². The molecule has 2 amide bonds. The molecule has 15 heteroatoms. The van der Waals surface area contributed by atoms with E-state index >= 15 is 0 Å². The second-order valence-corrected chi connectivity index (χ2v) is 11.0. The van der Waals surface area contributed by atoms with Crippen LogP contribution in [0.25, 0.3) is 0 Å². The Morgan fingerprint density at radius 2 is 1.45 bits per heavy atom. The van der Waals surface area contributed by atoms with Crippen LogP contribution >= 0.6 is 0 Å². The Balaban J connectivity index is 2.04. The van der Waals surface area contributed by atoms with Crippen molar-refractivity contribution in [2.75, 3.05) is 33.0 Å². The zero-order valence-electron chi connectivity index (χ0n) is 22.6. The molecule has 2 N–H and O–H groups in total. The molecule has 2 rings (SSSR count). The maximum Gasteiger partial charge on any atom is 0.500 e. The number of hydrogen-bond donors (Lipinski definition) is 2. The highest BCUT2D eigenvalue weighted by Crippen LogP contribution is 2.24. The number of nitrogens with zero attached hydrogens (tertiary/aromatic N) is 2. The van der Waals surface area contributed by atoms with Crippen LogP contribution in [-0.2, 0) is 18.0 Å². The minimum absolute atomic E-state index is 0.298. The first-order valence-electron chi connectivity index (χ1n) is 12.8. The average Bonchev–Trinajstić information content (AvgIpc) is 2.93. The number of amides is 2. The summed E-state index contributed by atoms with van der Waals surface area (Å²) in [5.41, 5.74) is -0.972. The fourth-order valence-electron chi connectivity index (χ4n) is 3.79. The second-order valence-electron chi connectivity index (χ2n) is 8.30. The summed E-state index contributed by atoms with van der Waals surface area (Å²) < 4.78 is 22.7. The molecule has 0 aliphatic heterocycles. The third kappa shape index (κ3) is 9.99. The van der Waals surface area contributed by atoms with E-state index in [0.29, 0.717) is 44.4 Å². The topological polar surface area (TPSA) is 181 Å². The fourth-order valence-corrected chi connectivity index (χ4v) is 6.40. The first kappa shape index (κ1) is 32.3. The summed E-state index contributed by atoms with van der Waals surface area (Å²) >= 11 is 0. The van der Waals surface area contributed by atoms with Crippen LogP contribution in [0.1, 0.15) is 49.2 Å². The number of benzene rings is 2. The standard InChI is InChI=1S/C25H34N4O10Si/c1-4-37-40(38-5-2,39-6-3)14-10-13-26-25(31)27-23(19-11-8-7-9-12-19)18-36-24(30)20-15-21(28(32)33)17-22(16-20)29(34)35/h7-9,11-12,15-17,23H,4-6,10,13-14,18H2,1-3H3,(H2,26,27,31)/t23-/m0/s1.